The number of morpholine rings is 1. The van der Waals surface area contributed by atoms with E-state index in [1.807, 2.05) is 37.3 Å². The van der Waals surface area contributed by atoms with Gasteiger partial charge in [0.05, 0.1) is 18.9 Å². The molecule has 33 heavy (non-hydrogen) atoms. The molecule has 0 bridgehead atoms. The van der Waals surface area contributed by atoms with Gasteiger partial charge in [0.25, 0.3) is 11.8 Å². The second kappa shape index (κ2) is 10.1. The van der Waals surface area contributed by atoms with Crippen molar-refractivity contribution in [2.24, 2.45) is 0 Å². The van der Waals surface area contributed by atoms with Gasteiger partial charge in [-0.05, 0) is 41.5 Å². The lowest BCUT2D eigenvalue weighted by Gasteiger charge is -2.25. The van der Waals surface area contributed by atoms with E-state index in [0.29, 0.717) is 31.9 Å². The fourth-order valence-corrected chi connectivity index (χ4v) is 3.61. The van der Waals surface area contributed by atoms with Crippen LogP contribution in [0, 0.1) is 6.92 Å². The van der Waals surface area contributed by atoms with Crippen molar-refractivity contribution >= 4 is 34.4 Å². The number of fused-ring (bicyclic) bond motifs is 1. The quantitative estimate of drug-likeness (QED) is 0.581. The van der Waals surface area contributed by atoms with E-state index >= 15 is 0 Å². The molecule has 1 fully saturated rings. The molecule has 0 spiro atoms. The number of nitrogens with zero attached hydrogens (tertiary/aromatic N) is 2. The first-order valence-electron chi connectivity index (χ1n) is 10.6. The molecule has 3 amide bonds. The van der Waals surface area contributed by atoms with Crippen molar-refractivity contribution in [3.8, 4) is 0 Å². The predicted molar refractivity (Wildman–Crippen MR) is 122 cm³/mol. The molecule has 2 N–H and O–H groups in total. The van der Waals surface area contributed by atoms with Crippen LogP contribution in [0.3, 0.4) is 0 Å². The Morgan fingerprint density at radius 3 is 2.55 bits per heavy atom. The van der Waals surface area contributed by atoms with Gasteiger partial charge in [0.2, 0.25) is 0 Å². The first-order valence-corrected chi connectivity index (χ1v) is 10.6. The summed E-state index contributed by atoms with van der Waals surface area (Å²) in [5, 5.41) is 7.09. The Morgan fingerprint density at radius 1 is 1.00 bits per heavy atom. The number of anilines is 1. The number of rotatable bonds is 5. The van der Waals surface area contributed by atoms with Gasteiger partial charge in [-0.1, -0.05) is 30.3 Å². The lowest BCUT2D eigenvalue weighted by molar-refractivity contribution is 0.0250. The number of hydrogen-bond acceptors (Lipinski definition) is 6. The number of ether oxygens (including phenoxy) is 2. The summed E-state index contributed by atoms with van der Waals surface area (Å²) < 4.78 is 10.3. The highest BCUT2D eigenvalue weighted by molar-refractivity contribution is 6.15. The molecule has 2 heterocycles. The van der Waals surface area contributed by atoms with Crippen LogP contribution in [0.25, 0.3) is 10.8 Å². The molecule has 1 aliphatic rings. The Labute approximate surface area is 190 Å². The smallest absolute Gasteiger partial charge is 0.411 e. The third-order valence-electron chi connectivity index (χ3n) is 5.36. The predicted octanol–water partition coefficient (Wildman–Crippen LogP) is 2.95. The van der Waals surface area contributed by atoms with E-state index in [-0.39, 0.29) is 24.0 Å². The summed E-state index contributed by atoms with van der Waals surface area (Å²) in [6.45, 7) is 3.46. The Balaban J connectivity index is 1.43. The van der Waals surface area contributed by atoms with Crippen LogP contribution in [-0.2, 0) is 9.47 Å². The molecule has 0 aliphatic carbocycles. The minimum atomic E-state index is -0.575. The van der Waals surface area contributed by atoms with Crippen molar-refractivity contribution in [3.63, 3.8) is 0 Å². The Kier molecular flexibility index (Phi) is 6.80. The molecular formula is C24H24N4O5. The van der Waals surface area contributed by atoms with Crippen molar-refractivity contribution < 1.29 is 23.9 Å². The third-order valence-corrected chi connectivity index (χ3v) is 5.36. The van der Waals surface area contributed by atoms with E-state index in [1.165, 1.54) is 11.1 Å². The number of aryl methyl sites for hydroxylation is 1. The summed E-state index contributed by atoms with van der Waals surface area (Å²) in [6.07, 6.45) is 0.922. The number of hydrogen-bond donors (Lipinski definition) is 2. The van der Waals surface area contributed by atoms with Gasteiger partial charge in [-0.3, -0.25) is 9.59 Å². The highest BCUT2D eigenvalue weighted by Crippen LogP contribution is 2.24. The lowest BCUT2D eigenvalue weighted by atomic mass is 10.00. The maximum absolute atomic E-state index is 13.0. The van der Waals surface area contributed by atoms with Crippen LogP contribution in [-0.4, -0.2) is 60.8 Å². The second-order valence-electron chi connectivity index (χ2n) is 7.49. The molecule has 0 atom stereocenters. The summed E-state index contributed by atoms with van der Waals surface area (Å²) in [4.78, 5) is 43.3. The molecule has 0 saturated carbocycles. The van der Waals surface area contributed by atoms with Crippen molar-refractivity contribution in [2.45, 2.75) is 6.92 Å². The summed E-state index contributed by atoms with van der Waals surface area (Å²) in [5.41, 5.74) is 1.83. The van der Waals surface area contributed by atoms with Crippen molar-refractivity contribution in [1.29, 1.82) is 0 Å². The van der Waals surface area contributed by atoms with Crippen LogP contribution in [0.15, 0.2) is 54.7 Å². The number of pyridine rings is 1. The zero-order valence-electron chi connectivity index (χ0n) is 18.2. The van der Waals surface area contributed by atoms with Gasteiger partial charge in [-0.15, -0.1) is 0 Å². The number of amides is 3. The summed E-state index contributed by atoms with van der Waals surface area (Å²) in [7, 11) is 0. The Morgan fingerprint density at radius 2 is 1.76 bits per heavy atom. The minimum Gasteiger partial charge on any atom is -0.428 e. The largest absolute Gasteiger partial charge is 0.428 e. The maximum Gasteiger partial charge on any atom is 0.411 e. The number of nitrogens with one attached hydrogen (secondary N) is 2. The monoisotopic (exact) mass is 448 g/mol. The van der Waals surface area contributed by atoms with Crippen LogP contribution in [0.4, 0.5) is 10.5 Å². The average molecular weight is 448 g/mol. The van der Waals surface area contributed by atoms with Crippen LogP contribution < -0.4 is 10.6 Å². The van der Waals surface area contributed by atoms with E-state index in [1.54, 1.807) is 18.2 Å². The maximum atomic E-state index is 13.0. The number of carbonyl (C=O) groups excluding carboxylic acids is 3. The molecule has 9 heteroatoms. The van der Waals surface area contributed by atoms with Gasteiger partial charge in [0.1, 0.15) is 0 Å². The van der Waals surface area contributed by atoms with E-state index in [9.17, 15) is 14.4 Å². The van der Waals surface area contributed by atoms with Gasteiger partial charge in [-0.25, -0.2) is 9.78 Å². The van der Waals surface area contributed by atoms with Crippen molar-refractivity contribution in [1.82, 2.24) is 15.2 Å². The molecule has 1 aliphatic heterocycles. The van der Waals surface area contributed by atoms with Gasteiger partial charge in [-0.2, -0.15) is 0 Å². The average Bonchev–Trinajstić information content (AvgIpc) is 2.85. The Hall–Kier alpha value is -3.98. The Bertz CT molecular complexity index is 1190. The van der Waals surface area contributed by atoms with Crippen LogP contribution in [0.1, 0.15) is 26.4 Å². The van der Waals surface area contributed by atoms with Gasteiger partial charge >= 0.3 is 6.09 Å². The number of benzene rings is 2. The van der Waals surface area contributed by atoms with E-state index in [2.05, 4.69) is 15.6 Å². The molecule has 9 nitrogen and oxygen atoms in total. The first kappa shape index (κ1) is 22.2. The van der Waals surface area contributed by atoms with E-state index in [4.69, 9.17) is 9.47 Å². The third kappa shape index (κ3) is 5.09. The molecule has 0 unspecified atom stereocenters. The van der Waals surface area contributed by atoms with E-state index < -0.39 is 12.0 Å². The summed E-state index contributed by atoms with van der Waals surface area (Å²) in [6, 6.07) is 14.5. The zero-order valence-corrected chi connectivity index (χ0v) is 18.2. The SMILES string of the molecule is Cc1ccc(C(=O)Nc2cccnc2C(=O)NCOC(=O)N2CCOCC2)c2ccccc12. The summed E-state index contributed by atoms with van der Waals surface area (Å²) in [5.74, 6) is -0.929. The fourth-order valence-electron chi connectivity index (χ4n) is 3.61. The topological polar surface area (TPSA) is 110 Å². The minimum absolute atomic E-state index is 0.0182. The molecule has 3 aromatic rings. The van der Waals surface area contributed by atoms with E-state index in [0.717, 1.165) is 16.3 Å². The molecular weight excluding hydrogens is 424 g/mol. The van der Waals surface area contributed by atoms with Crippen molar-refractivity contribution in [3.05, 3.63) is 71.5 Å². The highest BCUT2D eigenvalue weighted by Gasteiger charge is 2.20. The highest BCUT2D eigenvalue weighted by atomic mass is 16.6. The van der Waals surface area contributed by atoms with Gasteiger partial charge in [0, 0.05) is 24.8 Å². The molecule has 1 aromatic heterocycles. The number of aromatic nitrogens is 1. The molecule has 2 aromatic carbocycles. The zero-order chi connectivity index (χ0) is 23.2. The van der Waals surface area contributed by atoms with Crippen LogP contribution in [0.5, 0.6) is 0 Å². The summed E-state index contributed by atoms with van der Waals surface area (Å²) >= 11 is 0. The first-order chi connectivity index (χ1) is 16.0. The second-order valence-corrected chi connectivity index (χ2v) is 7.49. The fraction of sp³-hybridized carbons (Fsp3) is 0.250. The van der Waals surface area contributed by atoms with Gasteiger partial charge < -0.3 is 25.0 Å². The van der Waals surface area contributed by atoms with Crippen LogP contribution >= 0.6 is 0 Å². The standard InChI is InChI=1S/C24H24N4O5/c1-16-8-9-19(18-6-3-2-5-17(16)18)22(29)27-20-7-4-10-25-21(20)23(30)26-15-33-24(31)28-11-13-32-14-12-28/h2-10H,11-15H2,1H3,(H,26,30)(H,27,29). The molecule has 4 rings (SSSR count). The van der Waals surface area contributed by atoms with Gasteiger partial charge in [0.15, 0.2) is 12.4 Å². The molecule has 1 saturated heterocycles. The lowest BCUT2D eigenvalue weighted by Crippen LogP contribution is -2.42. The molecule has 0 radical (unpaired) electrons. The molecule has 170 valence electrons. The van der Waals surface area contributed by atoms with Crippen LogP contribution in [0.2, 0.25) is 0 Å². The van der Waals surface area contributed by atoms with Crippen molar-refractivity contribution in [2.75, 3.05) is 38.4 Å². The number of carbonyl (C=O) groups is 3. The normalized spacial score (nSPS) is 13.4.